The standard InChI is InChI=1S/C23H18F4N4O/c24-15-5-6-19(28-10-15)17-9-21(29-11-18(17)23(25,26)27)30-22(32)31-12-13-7-14-3-1-2-4-16(14)20(31)8-13/h1-6,9-11,13,20H,7-8,12H2,(H,29,30,32). The second-order valence-electron chi connectivity index (χ2n) is 8.08. The highest BCUT2D eigenvalue weighted by Crippen LogP contribution is 2.44. The number of carbonyl (C=O) groups excluding carboxylic acids is 1. The first kappa shape index (κ1) is 20.4. The van der Waals surface area contributed by atoms with Gasteiger partial charge in [-0.2, -0.15) is 13.2 Å². The number of aromatic nitrogens is 2. The van der Waals surface area contributed by atoms with Crippen LogP contribution in [0.5, 0.6) is 0 Å². The summed E-state index contributed by atoms with van der Waals surface area (Å²) in [7, 11) is 0. The van der Waals surface area contributed by atoms with Crippen LogP contribution in [0.15, 0.2) is 54.9 Å². The van der Waals surface area contributed by atoms with Crippen LogP contribution in [-0.2, 0) is 12.6 Å². The number of nitrogens with one attached hydrogen (secondary N) is 1. The maximum absolute atomic E-state index is 13.5. The van der Waals surface area contributed by atoms with Gasteiger partial charge in [0.2, 0.25) is 0 Å². The molecule has 3 heterocycles. The molecule has 2 atom stereocenters. The predicted molar refractivity (Wildman–Crippen MR) is 109 cm³/mol. The molecule has 1 N–H and O–H groups in total. The minimum Gasteiger partial charge on any atom is -0.317 e. The molecule has 1 aliphatic carbocycles. The number of halogens is 4. The minimum absolute atomic E-state index is 0.0288. The molecule has 5 rings (SSSR count). The lowest BCUT2D eigenvalue weighted by atomic mass is 9.84. The Hall–Kier alpha value is -3.49. The number of rotatable bonds is 2. The summed E-state index contributed by atoms with van der Waals surface area (Å²) >= 11 is 0. The summed E-state index contributed by atoms with van der Waals surface area (Å²) in [4.78, 5) is 22.3. The number of hydrogen-bond donors (Lipinski definition) is 1. The van der Waals surface area contributed by atoms with Crippen molar-refractivity contribution in [2.75, 3.05) is 11.9 Å². The van der Waals surface area contributed by atoms with Gasteiger partial charge in [-0.1, -0.05) is 24.3 Å². The van der Waals surface area contributed by atoms with Crippen molar-refractivity contribution >= 4 is 11.8 Å². The molecule has 1 fully saturated rings. The molecule has 0 radical (unpaired) electrons. The van der Waals surface area contributed by atoms with E-state index in [1.807, 2.05) is 18.2 Å². The Morgan fingerprint density at radius 2 is 1.91 bits per heavy atom. The Kier molecular flexibility index (Phi) is 4.83. The normalized spacial score (nSPS) is 19.6. The number of anilines is 1. The molecular weight excluding hydrogens is 424 g/mol. The number of nitrogens with zero attached hydrogens (tertiary/aromatic N) is 3. The number of amides is 2. The largest absolute Gasteiger partial charge is 0.418 e. The fraction of sp³-hybridized carbons (Fsp3) is 0.261. The highest BCUT2D eigenvalue weighted by atomic mass is 19.4. The molecule has 1 saturated heterocycles. The Morgan fingerprint density at radius 1 is 1.09 bits per heavy atom. The number of likely N-dealkylation sites (tertiary alicyclic amines) is 1. The fourth-order valence-corrected chi connectivity index (χ4v) is 4.62. The second kappa shape index (κ2) is 7.58. The summed E-state index contributed by atoms with van der Waals surface area (Å²) in [6.45, 7) is 0.568. The topological polar surface area (TPSA) is 58.1 Å². The number of carbonyl (C=O) groups is 1. The number of alkyl halides is 3. The molecule has 5 nitrogen and oxygen atoms in total. The molecule has 2 bridgehead atoms. The third-order valence-corrected chi connectivity index (χ3v) is 6.02. The summed E-state index contributed by atoms with van der Waals surface area (Å²) in [6, 6.07) is 10.8. The predicted octanol–water partition coefficient (Wildman–Crippen LogP) is 5.45. The third kappa shape index (κ3) is 3.68. The molecule has 1 aliphatic heterocycles. The summed E-state index contributed by atoms with van der Waals surface area (Å²) in [5, 5.41) is 2.63. The first-order valence-corrected chi connectivity index (χ1v) is 10.1. The van der Waals surface area contributed by atoms with Gasteiger partial charge in [0.25, 0.3) is 0 Å². The summed E-state index contributed by atoms with van der Waals surface area (Å²) in [6.07, 6.45) is -1.43. The molecule has 2 unspecified atom stereocenters. The van der Waals surface area contributed by atoms with Gasteiger partial charge in [-0.25, -0.2) is 14.2 Å². The van der Waals surface area contributed by atoms with Crippen molar-refractivity contribution in [3.63, 3.8) is 0 Å². The lowest BCUT2D eigenvalue weighted by molar-refractivity contribution is -0.137. The molecule has 9 heteroatoms. The first-order valence-electron chi connectivity index (χ1n) is 10.1. The number of urea groups is 1. The van der Waals surface area contributed by atoms with E-state index in [1.54, 1.807) is 4.90 Å². The molecule has 2 aliphatic rings. The van der Waals surface area contributed by atoms with Gasteiger partial charge in [0, 0.05) is 18.3 Å². The second-order valence-corrected chi connectivity index (χ2v) is 8.08. The highest BCUT2D eigenvalue weighted by molar-refractivity contribution is 5.90. The van der Waals surface area contributed by atoms with Crippen molar-refractivity contribution in [1.29, 1.82) is 0 Å². The van der Waals surface area contributed by atoms with Gasteiger partial charge in [0.15, 0.2) is 0 Å². The molecule has 3 aromatic rings. The molecule has 0 saturated carbocycles. The van der Waals surface area contributed by atoms with Crippen LogP contribution in [0, 0.1) is 11.7 Å². The SMILES string of the molecule is O=C(Nc1cc(-c2ccc(F)cn2)c(C(F)(F)F)cn1)N1CC2Cc3ccccc3C1C2. The minimum atomic E-state index is -4.68. The zero-order chi connectivity index (χ0) is 22.5. The number of fused-ring (bicyclic) bond motifs is 4. The molecule has 2 amide bonds. The van der Waals surface area contributed by atoms with Gasteiger partial charge in [0.05, 0.1) is 23.5 Å². The Balaban J connectivity index is 1.44. The van der Waals surface area contributed by atoms with Crippen LogP contribution < -0.4 is 5.32 Å². The summed E-state index contributed by atoms with van der Waals surface area (Å²) < 4.78 is 53.7. The molecule has 1 aromatic carbocycles. The van der Waals surface area contributed by atoms with Crippen molar-refractivity contribution in [2.24, 2.45) is 5.92 Å². The molecular formula is C23H18F4N4O. The van der Waals surface area contributed by atoms with Crippen molar-refractivity contribution in [3.05, 3.63) is 77.4 Å². The van der Waals surface area contributed by atoms with Crippen LogP contribution in [0.4, 0.5) is 28.2 Å². The first-order chi connectivity index (χ1) is 15.3. The van der Waals surface area contributed by atoms with Crippen LogP contribution in [0.2, 0.25) is 0 Å². The van der Waals surface area contributed by atoms with E-state index < -0.39 is 23.6 Å². The van der Waals surface area contributed by atoms with E-state index in [1.165, 1.54) is 5.56 Å². The van der Waals surface area contributed by atoms with Crippen LogP contribution in [0.1, 0.15) is 29.2 Å². The van der Waals surface area contributed by atoms with Crippen LogP contribution >= 0.6 is 0 Å². The van der Waals surface area contributed by atoms with Crippen LogP contribution in [0.3, 0.4) is 0 Å². The molecule has 0 spiro atoms. The van der Waals surface area contributed by atoms with Crippen LogP contribution in [0.25, 0.3) is 11.3 Å². The van der Waals surface area contributed by atoms with Crippen molar-refractivity contribution in [3.8, 4) is 11.3 Å². The lowest BCUT2D eigenvalue weighted by Gasteiger charge is -2.27. The Morgan fingerprint density at radius 3 is 2.66 bits per heavy atom. The summed E-state index contributed by atoms with van der Waals surface area (Å²) in [5.74, 6) is -0.343. The van der Waals surface area contributed by atoms with E-state index in [0.717, 1.165) is 42.8 Å². The van der Waals surface area contributed by atoms with Gasteiger partial charge in [-0.05, 0) is 48.1 Å². The number of pyridine rings is 2. The van der Waals surface area contributed by atoms with Gasteiger partial charge in [-0.3, -0.25) is 10.3 Å². The smallest absolute Gasteiger partial charge is 0.317 e. The zero-order valence-corrected chi connectivity index (χ0v) is 16.7. The third-order valence-electron chi connectivity index (χ3n) is 6.02. The maximum atomic E-state index is 13.5. The quantitative estimate of drug-likeness (QED) is 0.537. The van der Waals surface area contributed by atoms with Gasteiger partial charge >= 0.3 is 12.2 Å². The number of hydrogen-bond acceptors (Lipinski definition) is 3. The average molecular weight is 442 g/mol. The highest BCUT2D eigenvalue weighted by Gasteiger charge is 2.41. The van der Waals surface area contributed by atoms with E-state index in [4.69, 9.17) is 0 Å². The van der Waals surface area contributed by atoms with E-state index in [0.29, 0.717) is 18.7 Å². The van der Waals surface area contributed by atoms with Gasteiger partial charge in [0.1, 0.15) is 11.6 Å². The molecule has 32 heavy (non-hydrogen) atoms. The molecule has 2 aromatic heterocycles. The zero-order valence-electron chi connectivity index (χ0n) is 16.7. The molecule has 164 valence electrons. The Labute approximate surface area is 181 Å². The van der Waals surface area contributed by atoms with E-state index in [2.05, 4.69) is 21.4 Å². The number of benzene rings is 1. The van der Waals surface area contributed by atoms with E-state index >= 15 is 0 Å². The monoisotopic (exact) mass is 442 g/mol. The Bertz CT molecular complexity index is 1180. The fourth-order valence-electron chi connectivity index (χ4n) is 4.62. The maximum Gasteiger partial charge on any atom is 0.418 e. The van der Waals surface area contributed by atoms with Crippen LogP contribution in [-0.4, -0.2) is 27.4 Å². The van der Waals surface area contributed by atoms with Crippen molar-refractivity contribution < 1.29 is 22.4 Å². The average Bonchev–Trinajstić information content (AvgIpc) is 3.11. The van der Waals surface area contributed by atoms with Crippen molar-refractivity contribution in [2.45, 2.75) is 25.1 Å². The summed E-state index contributed by atoms with van der Waals surface area (Å²) in [5.41, 5.74) is 0.964. The van der Waals surface area contributed by atoms with Gasteiger partial charge in [-0.15, -0.1) is 0 Å². The lowest BCUT2D eigenvalue weighted by Crippen LogP contribution is -2.34. The van der Waals surface area contributed by atoms with E-state index in [-0.39, 0.29) is 23.1 Å². The van der Waals surface area contributed by atoms with E-state index in [9.17, 15) is 22.4 Å². The van der Waals surface area contributed by atoms with Crippen molar-refractivity contribution in [1.82, 2.24) is 14.9 Å². The van der Waals surface area contributed by atoms with Gasteiger partial charge < -0.3 is 4.90 Å².